The molecule has 20 heavy (non-hydrogen) atoms. The first-order valence-corrected chi connectivity index (χ1v) is 7.83. The summed E-state index contributed by atoms with van der Waals surface area (Å²) in [6.45, 7) is 3.53. The van der Waals surface area contributed by atoms with Crippen LogP contribution in [0.1, 0.15) is 26.7 Å². The lowest BCUT2D eigenvalue weighted by Gasteiger charge is -2.29. The average Bonchev–Trinajstić information content (AvgIpc) is 2.40. The van der Waals surface area contributed by atoms with Gasteiger partial charge in [0.15, 0.2) is 0 Å². The second kappa shape index (κ2) is 6.60. The number of sulfonamides is 1. The summed E-state index contributed by atoms with van der Waals surface area (Å²) >= 11 is 0. The zero-order valence-corrected chi connectivity index (χ0v) is 12.3. The van der Waals surface area contributed by atoms with Crippen LogP contribution in [-0.2, 0) is 10.0 Å². The first-order valence-electron chi connectivity index (χ1n) is 6.35. The Hall–Kier alpha value is -1.05. The van der Waals surface area contributed by atoms with Crippen molar-refractivity contribution in [2.45, 2.75) is 31.6 Å². The SMILES string of the molecule is CCC(CC)(CO)CNS(=O)(=O)c1cc(F)cc(F)c1. The Morgan fingerprint density at radius 2 is 1.65 bits per heavy atom. The molecule has 1 rings (SSSR count). The smallest absolute Gasteiger partial charge is 0.240 e. The zero-order valence-electron chi connectivity index (χ0n) is 11.5. The van der Waals surface area contributed by atoms with E-state index in [1.165, 1.54) is 0 Å². The van der Waals surface area contributed by atoms with Crippen LogP contribution in [0.3, 0.4) is 0 Å². The monoisotopic (exact) mass is 307 g/mol. The van der Waals surface area contributed by atoms with Crippen LogP contribution in [0.5, 0.6) is 0 Å². The molecule has 1 aromatic carbocycles. The fraction of sp³-hybridized carbons (Fsp3) is 0.538. The molecule has 0 aliphatic rings. The van der Waals surface area contributed by atoms with E-state index in [0.717, 1.165) is 12.1 Å². The normalized spacial score (nSPS) is 12.7. The molecule has 1 aromatic rings. The fourth-order valence-corrected chi connectivity index (χ4v) is 2.99. The first kappa shape index (κ1) is 17.0. The minimum atomic E-state index is -4.01. The van der Waals surface area contributed by atoms with Crippen molar-refractivity contribution in [1.82, 2.24) is 4.72 Å². The third kappa shape index (κ3) is 3.97. The molecule has 0 aromatic heterocycles. The summed E-state index contributed by atoms with van der Waals surface area (Å²) in [4.78, 5) is -0.464. The highest BCUT2D eigenvalue weighted by Crippen LogP contribution is 2.25. The van der Waals surface area contributed by atoms with Crippen LogP contribution in [-0.4, -0.2) is 26.7 Å². The first-order chi connectivity index (χ1) is 9.28. The van der Waals surface area contributed by atoms with Crippen LogP contribution in [0.2, 0.25) is 0 Å². The molecule has 0 saturated carbocycles. The van der Waals surface area contributed by atoms with Crippen molar-refractivity contribution in [3.8, 4) is 0 Å². The molecular formula is C13H19F2NO3S. The van der Waals surface area contributed by atoms with Crippen molar-refractivity contribution in [2.75, 3.05) is 13.2 Å². The molecule has 0 aliphatic carbocycles. The van der Waals surface area contributed by atoms with Gasteiger partial charge in [0.05, 0.1) is 4.90 Å². The van der Waals surface area contributed by atoms with E-state index in [-0.39, 0.29) is 13.2 Å². The molecule has 0 amide bonds. The Morgan fingerprint density at radius 3 is 2.05 bits per heavy atom. The van der Waals surface area contributed by atoms with E-state index < -0.39 is 32.0 Å². The van der Waals surface area contributed by atoms with Gasteiger partial charge in [0.1, 0.15) is 11.6 Å². The van der Waals surface area contributed by atoms with Gasteiger partial charge in [0.2, 0.25) is 10.0 Å². The lowest BCUT2D eigenvalue weighted by atomic mass is 9.84. The number of benzene rings is 1. The van der Waals surface area contributed by atoms with Crippen LogP contribution in [0.25, 0.3) is 0 Å². The molecule has 4 nitrogen and oxygen atoms in total. The van der Waals surface area contributed by atoms with Crippen molar-refractivity contribution in [3.05, 3.63) is 29.8 Å². The van der Waals surface area contributed by atoms with Crippen LogP contribution < -0.4 is 4.72 Å². The molecule has 2 N–H and O–H groups in total. The van der Waals surface area contributed by atoms with Gasteiger partial charge in [-0.15, -0.1) is 0 Å². The van der Waals surface area contributed by atoms with Gasteiger partial charge < -0.3 is 5.11 Å². The number of aliphatic hydroxyl groups excluding tert-OH is 1. The van der Waals surface area contributed by atoms with Crippen molar-refractivity contribution in [2.24, 2.45) is 5.41 Å². The van der Waals surface area contributed by atoms with Crippen LogP contribution >= 0.6 is 0 Å². The summed E-state index contributed by atoms with van der Waals surface area (Å²) in [6.07, 6.45) is 1.17. The molecule has 0 aliphatic heterocycles. The molecule has 0 radical (unpaired) electrons. The number of hydrogen-bond acceptors (Lipinski definition) is 3. The third-order valence-corrected chi connectivity index (χ3v) is 5.00. The number of rotatable bonds is 7. The molecule has 114 valence electrons. The van der Waals surface area contributed by atoms with Gasteiger partial charge in [-0.1, -0.05) is 13.8 Å². The molecular weight excluding hydrogens is 288 g/mol. The van der Waals surface area contributed by atoms with E-state index in [2.05, 4.69) is 4.72 Å². The number of halogens is 2. The fourth-order valence-electron chi connectivity index (χ4n) is 1.79. The molecule has 0 heterocycles. The zero-order chi connectivity index (χ0) is 15.4. The minimum absolute atomic E-state index is 0.0109. The van der Waals surface area contributed by atoms with Gasteiger partial charge in [-0.05, 0) is 25.0 Å². The Balaban J connectivity index is 2.95. The van der Waals surface area contributed by atoms with Crippen LogP contribution in [0.15, 0.2) is 23.1 Å². The van der Waals surface area contributed by atoms with E-state index in [9.17, 15) is 22.3 Å². The maximum atomic E-state index is 13.1. The van der Waals surface area contributed by atoms with Crippen molar-refractivity contribution >= 4 is 10.0 Å². The van der Waals surface area contributed by atoms with Gasteiger partial charge in [-0.3, -0.25) is 0 Å². The number of nitrogens with one attached hydrogen (secondary N) is 1. The summed E-state index contributed by atoms with van der Waals surface area (Å²) in [5.41, 5.74) is -0.570. The second-order valence-electron chi connectivity index (χ2n) is 4.79. The Kier molecular flexibility index (Phi) is 5.61. The molecule has 0 fully saturated rings. The number of aliphatic hydroxyl groups is 1. The van der Waals surface area contributed by atoms with Crippen LogP contribution in [0.4, 0.5) is 8.78 Å². The van der Waals surface area contributed by atoms with Gasteiger partial charge >= 0.3 is 0 Å². The average molecular weight is 307 g/mol. The predicted octanol–water partition coefficient (Wildman–Crippen LogP) is 2.04. The Morgan fingerprint density at radius 1 is 1.15 bits per heavy atom. The van der Waals surface area contributed by atoms with Gasteiger partial charge in [0.25, 0.3) is 0 Å². The standard InChI is InChI=1S/C13H19F2NO3S/c1-3-13(4-2,9-17)8-16-20(18,19)12-6-10(14)5-11(15)7-12/h5-7,16-17H,3-4,8-9H2,1-2H3. The highest BCUT2D eigenvalue weighted by molar-refractivity contribution is 7.89. The number of hydrogen-bond donors (Lipinski definition) is 2. The summed E-state index contributed by atoms with van der Waals surface area (Å²) in [5, 5.41) is 9.38. The summed E-state index contributed by atoms with van der Waals surface area (Å²) in [6, 6.07) is 2.11. The molecule has 0 atom stereocenters. The lowest BCUT2D eigenvalue weighted by Crippen LogP contribution is -2.39. The largest absolute Gasteiger partial charge is 0.396 e. The summed E-state index contributed by atoms with van der Waals surface area (Å²) in [7, 11) is -4.01. The highest BCUT2D eigenvalue weighted by atomic mass is 32.2. The highest BCUT2D eigenvalue weighted by Gasteiger charge is 2.28. The second-order valence-corrected chi connectivity index (χ2v) is 6.56. The van der Waals surface area contributed by atoms with E-state index in [0.29, 0.717) is 18.9 Å². The topological polar surface area (TPSA) is 66.4 Å². The quantitative estimate of drug-likeness (QED) is 0.810. The van der Waals surface area contributed by atoms with Gasteiger partial charge in [-0.25, -0.2) is 21.9 Å². The summed E-state index contributed by atoms with van der Waals surface area (Å²) < 4.78 is 52.4. The Bertz CT molecular complexity index is 528. The molecule has 7 heteroatoms. The van der Waals surface area contributed by atoms with Gasteiger partial charge in [-0.2, -0.15) is 0 Å². The van der Waals surface area contributed by atoms with Crippen molar-refractivity contribution in [3.63, 3.8) is 0 Å². The van der Waals surface area contributed by atoms with Crippen molar-refractivity contribution in [1.29, 1.82) is 0 Å². The predicted molar refractivity (Wildman–Crippen MR) is 71.6 cm³/mol. The summed E-state index contributed by atoms with van der Waals surface area (Å²) in [5.74, 6) is -1.91. The maximum Gasteiger partial charge on any atom is 0.240 e. The van der Waals surface area contributed by atoms with E-state index in [1.54, 1.807) is 0 Å². The van der Waals surface area contributed by atoms with Crippen LogP contribution in [0, 0.1) is 17.0 Å². The third-order valence-electron chi connectivity index (χ3n) is 3.62. The van der Waals surface area contributed by atoms with E-state index >= 15 is 0 Å². The molecule has 0 saturated heterocycles. The molecule has 0 unspecified atom stereocenters. The van der Waals surface area contributed by atoms with E-state index in [4.69, 9.17) is 0 Å². The molecule has 0 bridgehead atoms. The lowest BCUT2D eigenvalue weighted by molar-refractivity contribution is 0.119. The van der Waals surface area contributed by atoms with Crippen molar-refractivity contribution < 1.29 is 22.3 Å². The minimum Gasteiger partial charge on any atom is -0.396 e. The van der Waals surface area contributed by atoms with E-state index in [1.807, 2.05) is 13.8 Å². The van der Waals surface area contributed by atoms with Gasteiger partial charge in [0, 0.05) is 24.6 Å². The Labute approximate surface area is 117 Å². The maximum absolute atomic E-state index is 13.1. The molecule has 0 spiro atoms.